The van der Waals surface area contributed by atoms with E-state index in [0.717, 1.165) is 10.8 Å². The zero-order chi connectivity index (χ0) is 14.3. The Morgan fingerprint density at radius 3 is 2.00 bits per heavy atom. The Labute approximate surface area is 115 Å². The molecule has 0 fully saturated rings. The molecule has 0 bridgehead atoms. The van der Waals surface area contributed by atoms with E-state index in [0.29, 0.717) is 40.3 Å². The normalized spacial score (nSPS) is 10.8. The molecule has 0 aliphatic heterocycles. The van der Waals surface area contributed by atoms with Crippen LogP contribution in [0.1, 0.15) is 20.7 Å². The second-order valence-corrected chi connectivity index (χ2v) is 4.60. The second kappa shape index (κ2) is 4.35. The first-order valence-electron chi connectivity index (χ1n) is 6.11. The number of fused-ring (bicyclic) bond motifs is 2. The zero-order valence-electron chi connectivity index (χ0n) is 10.6. The van der Waals surface area contributed by atoms with Crippen molar-refractivity contribution in [3.8, 4) is 0 Å². The van der Waals surface area contributed by atoms with Gasteiger partial charge in [0.05, 0.1) is 0 Å². The Morgan fingerprint density at radius 1 is 0.750 bits per heavy atom. The van der Waals surface area contributed by atoms with E-state index in [-0.39, 0.29) is 5.56 Å². The summed E-state index contributed by atoms with van der Waals surface area (Å²) in [5, 5.41) is 2.85. The summed E-state index contributed by atoms with van der Waals surface area (Å²) in [5.41, 5.74) is 14.0. The number of anilines is 2. The predicted molar refractivity (Wildman–Crippen MR) is 81.1 cm³/mol. The summed E-state index contributed by atoms with van der Waals surface area (Å²) in [6.45, 7) is 0. The second-order valence-electron chi connectivity index (χ2n) is 4.60. The molecule has 3 aromatic rings. The summed E-state index contributed by atoms with van der Waals surface area (Å²) in [6.07, 6.45) is 1.30. The van der Waals surface area contributed by atoms with Crippen LogP contribution in [0.5, 0.6) is 0 Å². The molecule has 20 heavy (non-hydrogen) atoms. The van der Waals surface area contributed by atoms with Crippen LogP contribution in [0, 0.1) is 0 Å². The van der Waals surface area contributed by atoms with E-state index in [1.165, 1.54) is 0 Å². The Hall–Kier alpha value is -2.88. The molecule has 3 aromatic carbocycles. The van der Waals surface area contributed by atoms with Crippen molar-refractivity contribution in [2.75, 3.05) is 11.5 Å². The number of hydrogen-bond acceptors (Lipinski definition) is 4. The molecule has 0 spiro atoms. The van der Waals surface area contributed by atoms with Crippen LogP contribution >= 0.6 is 0 Å². The van der Waals surface area contributed by atoms with Crippen LogP contribution in [0.4, 0.5) is 11.4 Å². The maximum Gasteiger partial charge on any atom is 0.151 e. The number of hydrogen-bond donors (Lipinski definition) is 2. The van der Waals surface area contributed by atoms with E-state index in [4.69, 9.17) is 11.5 Å². The van der Waals surface area contributed by atoms with Crippen molar-refractivity contribution >= 4 is 45.5 Å². The molecule has 4 nitrogen and oxygen atoms in total. The first kappa shape index (κ1) is 12.2. The van der Waals surface area contributed by atoms with Crippen LogP contribution in [0.25, 0.3) is 21.5 Å². The van der Waals surface area contributed by atoms with Crippen LogP contribution < -0.4 is 11.5 Å². The Morgan fingerprint density at radius 2 is 1.40 bits per heavy atom. The van der Waals surface area contributed by atoms with Crippen molar-refractivity contribution in [2.45, 2.75) is 0 Å². The fourth-order valence-electron chi connectivity index (χ4n) is 2.61. The molecule has 0 aromatic heterocycles. The van der Waals surface area contributed by atoms with Gasteiger partial charge in [0.1, 0.15) is 0 Å². The van der Waals surface area contributed by atoms with E-state index >= 15 is 0 Å². The van der Waals surface area contributed by atoms with Crippen LogP contribution in [-0.2, 0) is 0 Å². The minimum atomic E-state index is 0.285. The summed E-state index contributed by atoms with van der Waals surface area (Å²) in [5.74, 6) is 0. The number of carbonyl (C=O) groups is 2. The first-order valence-corrected chi connectivity index (χ1v) is 6.11. The Bertz CT molecular complexity index is 869. The predicted octanol–water partition coefficient (Wildman–Crippen LogP) is 2.78. The summed E-state index contributed by atoms with van der Waals surface area (Å²) >= 11 is 0. The molecule has 0 atom stereocenters. The molecule has 0 saturated carbocycles. The molecule has 0 radical (unpaired) electrons. The van der Waals surface area contributed by atoms with Crippen molar-refractivity contribution in [1.82, 2.24) is 0 Å². The molecule has 4 N–H and O–H groups in total. The van der Waals surface area contributed by atoms with Gasteiger partial charge in [0.15, 0.2) is 12.6 Å². The third-order valence-electron chi connectivity index (χ3n) is 3.59. The topological polar surface area (TPSA) is 86.2 Å². The van der Waals surface area contributed by atoms with Crippen LogP contribution in [0.2, 0.25) is 0 Å². The highest BCUT2D eigenvalue weighted by atomic mass is 16.1. The lowest BCUT2D eigenvalue weighted by Crippen LogP contribution is -2.00. The average Bonchev–Trinajstić information content (AvgIpc) is 2.51. The van der Waals surface area contributed by atoms with E-state index < -0.39 is 0 Å². The van der Waals surface area contributed by atoms with Gasteiger partial charge in [-0.25, -0.2) is 0 Å². The lowest BCUT2D eigenvalue weighted by molar-refractivity contribution is 0.109. The lowest BCUT2D eigenvalue weighted by atomic mass is 9.93. The van der Waals surface area contributed by atoms with Crippen LogP contribution in [0.15, 0.2) is 36.4 Å². The summed E-state index contributed by atoms with van der Waals surface area (Å²) in [4.78, 5) is 22.4. The van der Waals surface area contributed by atoms with Gasteiger partial charge < -0.3 is 11.5 Å². The van der Waals surface area contributed by atoms with Gasteiger partial charge in [-0.2, -0.15) is 0 Å². The highest BCUT2D eigenvalue weighted by Crippen LogP contribution is 2.38. The fraction of sp³-hybridized carbons (Fsp3) is 0. The number of benzene rings is 3. The quantitative estimate of drug-likeness (QED) is 0.322. The summed E-state index contributed by atoms with van der Waals surface area (Å²) in [7, 11) is 0. The number of aldehydes is 2. The third-order valence-corrected chi connectivity index (χ3v) is 3.59. The SMILES string of the molecule is Nc1c2ccccc2c(N)c2c(C=O)c(C=O)ccc12. The zero-order valence-corrected chi connectivity index (χ0v) is 10.6. The van der Waals surface area contributed by atoms with Gasteiger partial charge in [-0.15, -0.1) is 0 Å². The first-order chi connectivity index (χ1) is 9.69. The van der Waals surface area contributed by atoms with E-state index in [2.05, 4.69) is 0 Å². The lowest BCUT2D eigenvalue weighted by Gasteiger charge is -2.13. The van der Waals surface area contributed by atoms with Crippen LogP contribution in [-0.4, -0.2) is 12.6 Å². The molecule has 0 amide bonds. The highest BCUT2D eigenvalue weighted by molar-refractivity contribution is 6.23. The van der Waals surface area contributed by atoms with Gasteiger partial charge >= 0.3 is 0 Å². The van der Waals surface area contributed by atoms with E-state index in [1.54, 1.807) is 12.1 Å². The largest absolute Gasteiger partial charge is 0.398 e. The van der Waals surface area contributed by atoms with Gasteiger partial charge in [0.25, 0.3) is 0 Å². The molecular weight excluding hydrogens is 252 g/mol. The third kappa shape index (κ3) is 1.48. The number of nitrogens with two attached hydrogens (primary N) is 2. The maximum absolute atomic E-state index is 11.3. The molecular formula is C16H12N2O2. The van der Waals surface area contributed by atoms with Crippen molar-refractivity contribution in [1.29, 1.82) is 0 Å². The molecule has 3 rings (SSSR count). The van der Waals surface area contributed by atoms with Gasteiger partial charge in [0.2, 0.25) is 0 Å². The van der Waals surface area contributed by atoms with Crippen molar-refractivity contribution < 1.29 is 9.59 Å². The van der Waals surface area contributed by atoms with Crippen LogP contribution in [0.3, 0.4) is 0 Å². The van der Waals surface area contributed by atoms with Crippen molar-refractivity contribution in [3.05, 3.63) is 47.5 Å². The molecule has 4 heteroatoms. The molecule has 0 unspecified atom stereocenters. The smallest absolute Gasteiger partial charge is 0.151 e. The van der Waals surface area contributed by atoms with Crippen molar-refractivity contribution in [2.24, 2.45) is 0 Å². The van der Waals surface area contributed by atoms with Gasteiger partial charge in [-0.05, 0) is 0 Å². The number of carbonyl (C=O) groups excluding carboxylic acids is 2. The molecule has 0 saturated heterocycles. The van der Waals surface area contributed by atoms with E-state index in [9.17, 15) is 9.59 Å². The van der Waals surface area contributed by atoms with Gasteiger partial charge in [0, 0.05) is 44.0 Å². The maximum atomic E-state index is 11.3. The number of nitrogen functional groups attached to an aromatic ring is 2. The molecule has 0 heterocycles. The fourth-order valence-corrected chi connectivity index (χ4v) is 2.61. The van der Waals surface area contributed by atoms with Crippen molar-refractivity contribution in [3.63, 3.8) is 0 Å². The van der Waals surface area contributed by atoms with Gasteiger partial charge in [-0.3, -0.25) is 9.59 Å². The summed E-state index contributed by atoms with van der Waals surface area (Å²) in [6, 6.07) is 10.8. The summed E-state index contributed by atoms with van der Waals surface area (Å²) < 4.78 is 0. The Kier molecular flexibility index (Phi) is 2.64. The van der Waals surface area contributed by atoms with E-state index in [1.807, 2.05) is 24.3 Å². The number of rotatable bonds is 2. The minimum Gasteiger partial charge on any atom is -0.398 e. The average molecular weight is 264 g/mol. The highest BCUT2D eigenvalue weighted by Gasteiger charge is 2.15. The van der Waals surface area contributed by atoms with Gasteiger partial charge in [-0.1, -0.05) is 36.4 Å². The standard InChI is InChI=1S/C16H12N2O2/c17-15-10-3-1-2-4-11(10)16(18)14-12(15)6-5-9(7-19)13(14)8-20/h1-8H,17-18H2. The minimum absolute atomic E-state index is 0.285. The molecule has 0 aliphatic carbocycles. The monoisotopic (exact) mass is 264 g/mol. The molecule has 98 valence electrons. The Balaban J connectivity index is 2.66. The molecule has 0 aliphatic rings.